The first-order valence-electron chi connectivity index (χ1n) is 18.4. The van der Waals surface area contributed by atoms with Crippen LogP contribution in [-0.2, 0) is 4.57 Å². The molecule has 0 aliphatic carbocycles. The van der Waals surface area contributed by atoms with Crippen molar-refractivity contribution in [1.82, 2.24) is 19.9 Å². The lowest BCUT2D eigenvalue weighted by atomic mass is 10.0. The average molecular weight is 884 g/mol. The maximum absolute atomic E-state index is 16.2. The molecule has 9 heteroatoms. The Morgan fingerprint density at radius 3 is 1.30 bits per heavy atom. The van der Waals surface area contributed by atoms with E-state index in [9.17, 15) is 0 Å². The van der Waals surface area contributed by atoms with Gasteiger partial charge in [0.2, 0.25) is 0 Å². The molecule has 3 aromatic heterocycles. The number of anilines is 3. The second-order valence-corrected chi connectivity index (χ2v) is 18.0. The number of fused-ring (bicyclic) bond motifs is 7. The molecular weight excluding hydrogens is 853 g/mol. The number of pyridine rings is 2. The molecule has 0 fully saturated rings. The van der Waals surface area contributed by atoms with E-state index in [0.717, 1.165) is 66.1 Å². The first-order chi connectivity index (χ1) is 28.0. The molecule has 10 aromatic rings. The summed E-state index contributed by atoms with van der Waals surface area (Å²) in [5.41, 5.74) is 9.02. The van der Waals surface area contributed by atoms with Crippen molar-refractivity contribution in [3.05, 3.63) is 191 Å². The van der Waals surface area contributed by atoms with E-state index in [1.807, 2.05) is 127 Å². The smallest absolute Gasteiger partial charge is 0.171 e. The monoisotopic (exact) mass is 881 g/mol. The third-order valence-electron chi connectivity index (χ3n) is 10.3. The average Bonchev–Trinajstić information content (AvgIpc) is 3.27. The van der Waals surface area contributed by atoms with Crippen LogP contribution in [0.15, 0.2) is 191 Å². The highest BCUT2D eigenvalue weighted by molar-refractivity contribution is 9.10. The van der Waals surface area contributed by atoms with Crippen LogP contribution in [0.2, 0.25) is 0 Å². The van der Waals surface area contributed by atoms with Gasteiger partial charge in [-0.25, -0.2) is 19.9 Å². The summed E-state index contributed by atoms with van der Waals surface area (Å²) in [4.78, 5) is 22.6. The summed E-state index contributed by atoms with van der Waals surface area (Å²) < 4.78 is 17.6. The molecule has 0 bridgehead atoms. The highest BCUT2D eigenvalue weighted by atomic mass is 79.9. The van der Waals surface area contributed by atoms with Crippen molar-refractivity contribution < 1.29 is 4.57 Å². The van der Waals surface area contributed by atoms with Crippen molar-refractivity contribution >= 4 is 116 Å². The van der Waals surface area contributed by atoms with E-state index in [2.05, 4.69) is 91.4 Å². The summed E-state index contributed by atoms with van der Waals surface area (Å²) in [6, 6.07) is 60.6. The molecule has 3 heterocycles. The molecule has 0 saturated carbocycles. The van der Waals surface area contributed by atoms with Crippen LogP contribution < -0.4 is 20.8 Å². The van der Waals surface area contributed by atoms with Gasteiger partial charge in [0.25, 0.3) is 0 Å². The van der Waals surface area contributed by atoms with Crippen LogP contribution in [0.4, 0.5) is 17.1 Å². The van der Waals surface area contributed by atoms with Gasteiger partial charge < -0.3 is 9.46 Å². The summed E-state index contributed by atoms with van der Waals surface area (Å²) in [7, 11) is -3.48. The van der Waals surface area contributed by atoms with E-state index in [1.165, 1.54) is 0 Å². The fraction of sp³-hybridized carbons (Fsp3) is 0. The van der Waals surface area contributed by atoms with Crippen molar-refractivity contribution in [3.63, 3.8) is 0 Å². The molecule has 0 spiro atoms. The molecule has 10 rings (SSSR count). The number of aromatic nitrogens is 4. The lowest BCUT2D eigenvalue weighted by Crippen LogP contribution is -2.26. The molecule has 0 atom stereocenters. The fourth-order valence-corrected chi connectivity index (χ4v) is 11.2. The van der Waals surface area contributed by atoms with E-state index in [0.29, 0.717) is 31.1 Å². The van der Waals surface area contributed by atoms with E-state index in [1.54, 1.807) is 0 Å². The molecular formula is C48H30Br2N5OP. The number of halogens is 2. The Kier molecular flexibility index (Phi) is 8.98. The fourth-order valence-electron chi connectivity index (χ4n) is 7.67. The zero-order valence-corrected chi connectivity index (χ0v) is 34.2. The Bertz CT molecular complexity index is 3090. The number of rotatable bonds is 7. The van der Waals surface area contributed by atoms with E-state index < -0.39 is 7.14 Å². The van der Waals surface area contributed by atoms with Gasteiger partial charge in [0.15, 0.2) is 7.14 Å². The quantitative estimate of drug-likeness (QED) is 0.0687. The Morgan fingerprint density at radius 2 is 0.825 bits per heavy atom. The standard InChI is InChI=1S/C48H30Br2N5OP/c49-43-27-25-37-45-46(38-26-28-44(50)54-48(38)47(37)53-43)52-41-30-42(57(56,35-17-9-3-10-18-35)36-19-11-4-12-20-36)39(29-40(41)51-45)31-21-23-34(24-22-31)55(32-13-5-1-6-14-32)33-15-7-2-8-16-33/h1-30H. The lowest BCUT2D eigenvalue weighted by Gasteiger charge is -2.26. The van der Waals surface area contributed by atoms with Gasteiger partial charge in [-0.15, -0.1) is 0 Å². The van der Waals surface area contributed by atoms with Gasteiger partial charge in [-0.3, -0.25) is 0 Å². The van der Waals surface area contributed by atoms with Crippen LogP contribution in [0, 0.1) is 0 Å². The van der Waals surface area contributed by atoms with E-state index in [4.69, 9.17) is 19.9 Å². The minimum absolute atomic E-state index is 0.637. The Hall–Kier alpha value is -6.05. The van der Waals surface area contributed by atoms with Crippen LogP contribution in [0.1, 0.15) is 0 Å². The SMILES string of the molecule is O=P(c1ccccc1)(c1ccccc1)c1cc2nc3c4ccc(Br)nc4c4nc(Br)ccc4c3nc2cc1-c1ccc(N(c2ccccc2)c2ccccc2)cc1. The second kappa shape index (κ2) is 14.5. The van der Waals surface area contributed by atoms with Crippen molar-refractivity contribution in [2.45, 2.75) is 0 Å². The van der Waals surface area contributed by atoms with E-state index >= 15 is 4.57 Å². The minimum atomic E-state index is -3.48. The summed E-state index contributed by atoms with van der Waals surface area (Å²) >= 11 is 7.13. The summed E-state index contributed by atoms with van der Waals surface area (Å²) in [6.07, 6.45) is 0. The summed E-state index contributed by atoms with van der Waals surface area (Å²) in [6.45, 7) is 0. The van der Waals surface area contributed by atoms with Crippen LogP contribution in [0.25, 0.3) is 55.0 Å². The highest BCUT2D eigenvalue weighted by Gasteiger charge is 2.33. The molecule has 0 saturated heterocycles. The predicted octanol–water partition coefficient (Wildman–Crippen LogP) is 12.2. The lowest BCUT2D eigenvalue weighted by molar-refractivity contribution is 0.592. The van der Waals surface area contributed by atoms with Crippen LogP contribution in [-0.4, -0.2) is 19.9 Å². The highest BCUT2D eigenvalue weighted by Crippen LogP contribution is 2.47. The molecule has 0 amide bonds. The first-order valence-corrected chi connectivity index (χ1v) is 21.7. The number of hydrogen-bond donors (Lipinski definition) is 0. The summed E-state index contributed by atoms with van der Waals surface area (Å²) in [5, 5.41) is 3.84. The zero-order chi connectivity index (χ0) is 38.5. The maximum Gasteiger partial charge on any atom is 0.171 e. The number of para-hydroxylation sites is 2. The molecule has 7 aromatic carbocycles. The maximum atomic E-state index is 16.2. The normalized spacial score (nSPS) is 11.8. The number of hydrogen-bond acceptors (Lipinski definition) is 6. The summed E-state index contributed by atoms with van der Waals surface area (Å²) in [5.74, 6) is 0. The predicted molar refractivity (Wildman–Crippen MR) is 243 cm³/mol. The van der Waals surface area contributed by atoms with Crippen molar-refractivity contribution in [2.24, 2.45) is 0 Å². The molecule has 6 nitrogen and oxygen atoms in total. The van der Waals surface area contributed by atoms with Crippen LogP contribution >= 0.6 is 39.0 Å². The first kappa shape index (κ1) is 35.4. The Labute approximate surface area is 345 Å². The molecule has 0 aliphatic rings. The molecule has 0 unspecified atom stereocenters. The third-order valence-corrected chi connectivity index (χ3v) is 14.3. The van der Waals surface area contributed by atoms with Gasteiger partial charge in [-0.1, -0.05) is 109 Å². The van der Waals surface area contributed by atoms with Crippen molar-refractivity contribution in [3.8, 4) is 11.1 Å². The van der Waals surface area contributed by atoms with E-state index in [-0.39, 0.29) is 0 Å². The largest absolute Gasteiger partial charge is 0.311 e. The van der Waals surface area contributed by atoms with Gasteiger partial charge in [-0.05, 0) is 116 Å². The Balaban J connectivity index is 1.26. The molecule has 0 N–H and O–H groups in total. The van der Waals surface area contributed by atoms with Crippen LogP contribution in [0.5, 0.6) is 0 Å². The van der Waals surface area contributed by atoms with Gasteiger partial charge in [-0.2, -0.15) is 0 Å². The zero-order valence-electron chi connectivity index (χ0n) is 30.2. The second-order valence-electron chi connectivity index (χ2n) is 13.7. The topological polar surface area (TPSA) is 71.9 Å². The van der Waals surface area contributed by atoms with Crippen molar-refractivity contribution in [2.75, 3.05) is 4.90 Å². The third kappa shape index (κ3) is 6.21. The Morgan fingerprint density at radius 1 is 0.421 bits per heavy atom. The van der Waals surface area contributed by atoms with Gasteiger partial charge in [0.1, 0.15) is 20.2 Å². The molecule has 0 aliphatic heterocycles. The number of nitrogens with zero attached hydrogens (tertiary/aromatic N) is 5. The van der Waals surface area contributed by atoms with Gasteiger partial charge in [0, 0.05) is 43.7 Å². The van der Waals surface area contributed by atoms with Gasteiger partial charge in [0.05, 0.1) is 22.1 Å². The minimum Gasteiger partial charge on any atom is -0.311 e. The van der Waals surface area contributed by atoms with Crippen molar-refractivity contribution in [1.29, 1.82) is 0 Å². The van der Waals surface area contributed by atoms with Crippen LogP contribution in [0.3, 0.4) is 0 Å². The molecule has 272 valence electrons. The molecule has 0 radical (unpaired) electrons. The molecule has 57 heavy (non-hydrogen) atoms. The number of benzene rings is 7. The van der Waals surface area contributed by atoms with Gasteiger partial charge >= 0.3 is 0 Å².